The molecule has 6 heteroatoms. The van der Waals surface area contributed by atoms with E-state index in [2.05, 4.69) is 4.98 Å². The Bertz CT molecular complexity index is 623. The van der Waals surface area contributed by atoms with Gasteiger partial charge in [0.25, 0.3) is 0 Å². The molecule has 1 aliphatic carbocycles. The minimum atomic E-state index is -0.972. The van der Waals surface area contributed by atoms with Crippen LogP contribution in [0.5, 0.6) is 0 Å². The number of rotatable bonds is 2. The molecule has 126 valence electrons. The Labute approximate surface area is 135 Å². The molecule has 1 aromatic rings. The van der Waals surface area contributed by atoms with E-state index in [0.29, 0.717) is 5.56 Å². The number of carbonyl (C=O) groups excluding carboxylic acids is 1. The smallest absolute Gasteiger partial charge is 0.411 e. The van der Waals surface area contributed by atoms with Crippen LogP contribution in [0.2, 0.25) is 0 Å². The first-order chi connectivity index (χ1) is 10.6. The summed E-state index contributed by atoms with van der Waals surface area (Å²) >= 11 is 0. The number of aliphatic hydroxyl groups excluding tert-OH is 1. The molecule has 4 rings (SSSR count). The van der Waals surface area contributed by atoms with Gasteiger partial charge >= 0.3 is 6.09 Å². The molecular formula is C17H23FN2O3. The highest BCUT2D eigenvalue weighted by Gasteiger charge is 2.63. The molecule has 3 heterocycles. The molecule has 2 saturated heterocycles. The largest absolute Gasteiger partial charge is 0.444 e. The molecule has 1 saturated carbocycles. The van der Waals surface area contributed by atoms with Crippen molar-refractivity contribution in [1.29, 1.82) is 0 Å². The molecule has 2 bridgehead atoms. The van der Waals surface area contributed by atoms with E-state index in [1.54, 1.807) is 4.90 Å². The maximum atomic E-state index is 13.4. The molecule has 0 radical (unpaired) electrons. The van der Waals surface area contributed by atoms with Gasteiger partial charge in [-0.05, 0) is 52.5 Å². The SMILES string of the molecule is CC(C)(C)OC(=O)N1[C@@H]([C@H](O)c2cncc(F)c2)C2CC1(C)C2. The second kappa shape index (κ2) is 5.16. The Morgan fingerprint density at radius 1 is 1.48 bits per heavy atom. The summed E-state index contributed by atoms with van der Waals surface area (Å²) in [5.74, 6) is -0.298. The molecule has 1 N–H and O–H groups in total. The number of pyridine rings is 1. The predicted octanol–water partition coefficient (Wildman–Crippen LogP) is 3.04. The number of amides is 1. The second-order valence-corrected chi connectivity index (χ2v) is 7.89. The average molecular weight is 322 g/mol. The van der Waals surface area contributed by atoms with E-state index in [1.165, 1.54) is 12.3 Å². The van der Waals surface area contributed by atoms with E-state index in [9.17, 15) is 14.3 Å². The number of hydrogen-bond acceptors (Lipinski definition) is 4. The quantitative estimate of drug-likeness (QED) is 0.909. The Morgan fingerprint density at radius 3 is 2.70 bits per heavy atom. The molecule has 3 fully saturated rings. The normalized spacial score (nSPS) is 30.8. The molecule has 0 unspecified atom stereocenters. The van der Waals surface area contributed by atoms with E-state index >= 15 is 0 Å². The number of ether oxygens (including phenoxy) is 1. The average Bonchev–Trinajstić information content (AvgIpc) is 2.84. The van der Waals surface area contributed by atoms with Crippen LogP contribution in [0, 0.1) is 11.7 Å². The van der Waals surface area contributed by atoms with Crippen molar-refractivity contribution in [3.05, 3.63) is 29.8 Å². The Kier molecular flexibility index (Phi) is 3.63. The Hall–Kier alpha value is -1.69. The van der Waals surface area contributed by atoms with Crippen molar-refractivity contribution in [2.24, 2.45) is 5.92 Å². The fraction of sp³-hybridized carbons (Fsp3) is 0.647. The molecule has 5 nitrogen and oxygen atoms in total. The molecule has 0 aromatic carbocycles. The van der Waals surface area contributed by atoms with Crippen molar-refractivity contribution in [2.45, 2.75) is 63.8 Å². The van der Waals surface area contributed by atoms with Crippen LogP contribution in [0.25, 0.3) is 0 Å². The van der Waals surface area contributed by atoms with Crippen LogP contribution in [-0.4, -0.2) is 38.3 Å². The maximum absolute atomic E-state index is 13.4. The minimum absolute atomic E-state index is 0.200. The van der Waals surface area contributed by atoms with Crippen molar-refractivity contribution in [1.82, 2.24) is 9.88 Å². The molecular weight excluding hydrogens is 299 g/mol. The predicted molar refractivity (Wildman–Crippen MR) is 82.1 cm³/mol. The summed E-state index contributed by atoms with van der Waals surface area (Å²) in [6.45, 7) is 7.45. The number of hydrogen-bond donors (Lipinski definition) is 1. The van der Waals surface area contributed by atoms with E-state index in [1.807, 2.05) is 27.7 Å². The molecule has 0 spiro atoms. The summed E-state index contributed by atoms with van der Waals surface area (Å²) in [4.78, 5) is 18.1. The molecule has 1 aromatic heterocycles. The summed E-state index contributed by atoms with van der Waals surface area (Å²) in [7, 11) is 0. The van der Waals surface area contributed by atoms with Crippen molar-refractivity contribution in [3.63, 3.8) is 0 Å². The van der Waals surface area contributed by atoms with Crippen molar-refractivity contribution in [2.75, 3.05) is 0 Å². The summed E-state index contributed by atoms with van der Waals surface area (Å²) in [5.41, 5.74) is -0.505. The Morgan fingerprint density at radius 2 is 2.13 bits per heavy atom. The first kappa shape index (κ1) is 16.2. The third kappa shape index (κ3) is 2.80. The van der Waals surface area contributed by atoms with Crippen LogP contribution in [0.15, 0.2) is 18.5 Å². The van der Waals surface area contributed by atoms with Gasteiger partial charge in [-0.3, -0.25) is 9.88 Å². The van der Waals surface area contributed by atoms with Crippen LogP contribution in [0.1, 0.15) is 52.2 Å². The monoisotopic (exact) mass is 322 g/mol. The zero-order valence-electron chi connectivity index (χ0n) is 13.9. The Balaban J connectivity index is 1.87. The third-order valence-corrected chi connectivity index (χ3v) is 4.75. The van der Waals surface area contributed by atoms with Crippen molar-refractivity contribution < 1.29 is 19.0 Å². The highest BCUT2D eigenvalue weighted by molar-refractivity contribution is 5.71. The molecule has 3 aliphatic rings. The van der Waals surface area contributed by atoms with Gasteiger partial charge in [0.15, 0.2) is 0 Å². The molecule has 2 atom stereocenters. The number of fused-ring (bicyclic) bond motifs is 1. The minimum Gasteiger partial charge on any atom is -0.444 e. The zero-order chi connectivity index (χ0) is 17.0. The second-order valence-electron chi connectivity index (χ2n) is 7.89. The van der Waals surface area contributed by atoms with E-state index in [-0.39, 0.29) is 11.5 Å². The van der Waals surface area contributed by atoms with Gasteiger partial charge in [-0.1, -0.05) is 0 Å². The summed E-state index contributed by atoms with van der Waals surface area (Å²) in [5, 5.41) is 10.7. The first-order valence-corrected chi connectivity index (χ1v) is 7.92. The summed E-state index contributed by atoms with van der Waals surface area (Å²) in [6.07, 6.45) is 2.80. The summed E-state index contributed by atoms with van der Waals surface area (Å²) < 4.78 is 18.9. The molecule has 1 amide bonds. The maximum Gasteiger partial charge on any atom is 0.411 e. The van der Waals surface area contributed by atoms with Gasteiger partial charge in [-0.15, -0.1) is 0 Å². The topological polar surface area (TPSA) is 62.7 Å². The lowest BCUT2D eigenvalue weighted by Gasteiger charge is -2.39. The highest BCUT2D eigenvalue weighted by Crippen LogP contribution is 2.57. The standard InChI is InChI=1S/C17H23FN2O3/c1-16(2,3)23-15(22)20-13(11-6-17(20,4)7-11)14(21)10-5-12(18)9-19-8-10/h5,8-9,11,13-14,21H,6-7H2,1-4H3/t11?,13-,14-,17?/m1/s1. The van der Waals surface area contributed by atoms with E-state index in [4.69, 9.17) is 4.74 Å². The van der Waals surface area contributed by atoms with Gasteiger partial charge < -0.3 is 9.84 Å². The number of halogens is 1. The van der Waals surface area contributed by atoms with Crippen molar-refractivity contribution >= 4 is 6.09 Å². The van der Waals surface area contributed by atoms with Gasteiger partial charge in [-0.25, -0.2) is 9.18 Å². The zero-order valence-corrected chi connectivity index (χ0v) is 13.9. The van der Waals surface area contributed by atoms with Gasteiger partial charge in [-0.2, -0.15) is 0 Å². The summed E-state index contributed by atoms with van der Waals surface area (Å²) in [6, 6.07) is 0.863. The van der Waals surface area contributed by atoms with Gasteiger partial charge in [0.05, 0.1) is 12.2 Å². The van der Waals surface area contributed by atoms with Crippen LogP contribution < -0.4 is 0 Å². The number of nitrogens with zero attached hydrogens (tertiary/aromatic N) is 2. The number of carbonyl (C=O) groups is 1. The first-order valence-electron chi connectivity index (χ1n) is 7.92. The van der Waals surface area contributed by atoms with E-state index < -0.39 is 29.7 Å². The van der Waals surface area contributed by atoms with Crippen LogP contribution in [0.4, 0.5) is 9.18 Å². The van der Waals surface area contributed by atoms with Crippen LogP contribution in [0.3, 0.4) is 0 Å². The third-order valence-electron chi connectivity index (χ3n) is 4.75. The van der Waals surface area contributed by atoms with Crippen molar-refractivity contribution in [3.8, 4) is 0 Å². The van der Waals surface area contributed by atoms with Gasteiger partial charge in [0.1, 0.15) is 17.5 Å². The lowest BCUT2D eigenvalue weighted by atomic mass is 9.72. The number of aromatic nitrogens is 1. The van der Waals surface area contributed by atoms with Gasteiger partial charge in [0, 0.05) is 17.3 Å². The lowest BCUT2D eigenvalue weighted by Crippen LogP contribution is -2.49. The van der Waals surface area contributed by atoms with Gasteiger partial charge in [0.2, 0.25) is 0 Å². The number of aliphatic hydroxyl groups is 1. The fourth-order valence-corrected chi connectivity index (χ4v) is 3.92. The molecule has 23 heavy (non-hydrogen) atoms. The van der Waals surface area contributed by atoms with Crippen LogP contribution in [-0.2, 0) is 4.74 Å². The lowest BCUT2D eigenvalue weighted by molar-refractivity contribution is -0.00907. The fourth-order valence-electron chi connectivity index (χ4n) is 3.92. The van der Waals surface area contributed by atoms with E-state index in [0.717, 1.165) is 19.0 Å². The highest BCUT2D eigenvalue weighted by atomic mass is 19.1. The molecule has 2 aliphatic heterocycles. The van der Waals surface area contributed by atoms with Crippen LogP contribution >= 0.6 is 0 Å².